The molecule has 0 spiro atoms. The molecule has 1 fully saturated rings. The van der Waals surface area contributed by atoms with E-state index in [2.05, 4.69) is 25.2 Å². The van der Waals surface area contributed by atoms with Gasteiger partial charge in [0.05, 0.1) is 35.3 Å². The number of para-hydroxylation sites is 1. The Balaban J connectivity index is 1.28. The number of amides is 1. The topological polar surface area (TPSA) is 103 Å². The molecule has 1 amide bonds. The largest absolute Gasteiger partial charge is 0.338 e. The maximum Gasteiger partial charge on any atom is 0.257 e. The quantitative estimate of drug-likeness (QED) is 0.529. The summed E-state index contributed by atoms with van der Waals surface area (Å²) in [5, 5.41) is 8.34. The van der Waals surface area contributed by atoms with Gasteiger partial charge in [-0.15, -0.1) is 0 Å². The van der Waals surface area contributed by atoms with Gasteiger partial charge in [-0.3, -0.25) is 9.78 Å². The maximum atomic E-state index is 12.9. The number of aromatic nitrogens is 6. The van der Waals surface area contributed by atoms with Gasteiger partial charge in [0, 0.05) is 25.5 Å². The summed E-state index contributed by atoms with van der Waals surface area (Å²) < 4.78 is 7.13. The molecule has 0 N–H and O–H groups in total. The number of hydrogen-bond donors (Lipinski definition) is 0. The highest BCUT2D eigenvalue weighted by Crippen LogP contribution is 2.29. The smallest absolute Gasteiger partial charge is 0.257 e. The van der Waals surface area contributed by atoms with E-state index in [0.717, 1.165) is 11.4 Å². The molecule has 1 aromatic carbocycles. The van der Waals surface area contributed by atoms with Crippen LogP contribution in [0.1, 0.15) is 27.9 Å². The van der Waals surface area contributed by atoms with Gasteiger partial charge in [0.2, 0.25) is 11.7 Å². The van der Waals surface area contributed by atoms with Gasteiger partial charge < -0.3 is 9.42 Å². The van der Waals surface area contributed by atoms with Crippen LogP contribution in [0, 0.1) is 6.92 Å². The zero-order chi connectivity index (χ0) is 19.8. The van der Waals surface area contributed by atoms with Gasteiger partial charge in [0.1, 0.15) is 5.69 Å². The van der Waals surface area contributed by atoms with Crippen molar-refractivity contribution in [2.24, 2.45) is 0 Å². The van der Waals surface area contributed by atoms with Crippen LogP contribution in [-0.4, -0.2) is 53.8 Å². The van der Waals surface area contributed by atoms with Gasteiger partial charge in [-0.05, 0) is 19.1 Å². The molecule has 0 atom stereocenters. The number of carbonyl (C=O) groups is 1. The zero-order valence-electron chi connectivity index (χ0n) is 15.6. The van der Waals surface area contributed by atoms with E-state index in [-0.39, 0.29) is 11.8 Å². The number of carbonyl (C=O) groups excluding carboxylic acids is 1. The van der Waals surface area contributed by atoms with Gasteiger partial charge in [-0.2, -0.15) is 10.1 Å². The summed E-state index contributed by atoms with van der Waals surface area (Å²) in [6.45, 7) is 2.95. The van der Waals surface area contributed by atoms with Crippen LogP contribution < -0.4 is 0 Å². The average molecular weight is 387 g/mol. The number of rotatable bonds is 4. The highest BCUT2D eigenvalue weighted by atomic mass is 16.5. The van der Waals surface area contributed by atoms with Crippen LogP contribution in [0.15, 0.2) is 59.6 Å². The van der Waals surface area contributed by atoms with Gasteiger partial charge in [-0.1, -0.05) is 23.4 Å². The summed E-state index contributed by atoms with van der Waals surface area (Å²) in [6.07, 6.45) is 6.37. The van der Waals surface area contributed by atoms with Crippen LogP contribution in [0.3, 0.4) is 0 Å². The summed E-state index contributed by atoms with van der Waals surface area (Å²) in [4.78, 5) is 27.2. The van der Waals surface area contributed by atoms with Crippen molar-refractivity contribution in [3.8, 4) is 17.2 Å². The van der Waals surface area contributed by atoms with Crippen LogP contribution >= 0.6 is 0 Å². The van der Waals surface area contributed by atoms with Crippen molar-refractivity contribution in [2.75, 3.05) is 13.1 Å². The molecular weight excluding hydrogens is 370 g/mol. The number of benzene rings is 1. The molecule has 9 heteroatoms. The molecule has 5 rings (SSSR count). The summed E-state index contributed by atoms with van der Waals surface area (Å²) in [6, 6.07) is 9.74. The van der Waals surface area contributed by atoms with E-state index < -0.39 is 0 Å². The molecule has 1 aliphatic heterocycles. The van der Waals surface area contributed by atoms with Crippen molar-refractivity contribution >= 4 is 5.91 Å². The normalized spacial score (nSPS) is 14.0. The lowest BCUT2D eigenvalue weighted by molar-refractivity contribution is 0.0568. The minimum atomic E-state index is -0.0467. The van der Waals surface area contributed by atoms with Gasteiger partial charge in [0.25, 0.3) is 5.91 Å². The lowest BCUT2D eigenvalue weighted by Gasteiger charge is -2.36. The van der Waals surface area contributed by atoms with E-state index in [1.165, 1.54) is 0 Å². The molecule has 1 aliphatic rings. The molecule has 1 saturated heterocycles. The van der Waals surface area contributed by atoms with Crippen LogP contribution in [0.2, 0.25) is 0 Å². The first-order valence-corrected chi connectivity index (χ1v) is 9.20. The zero-order valence-corrected chi connectivity index (χ0v) is 15.6. The third-order valence-corrected chi connectivity index (χ3v) is 4.99. The molecule has 0 unspecified atom stereocenters. The molecule has 0 aliphatic carbocycles. The van der Waals surface area contributed by atoms with E-state index in [0.29, 0.717) is 36.1 Å². The number of likely N-dealkylation sites (tertiary alicyclic amines) is 1. The van der Waals surface area contributed by atoms with Gasteiger partial charge >= 0.3 is 0 Å². The van der Waals surface area contributed by atoms with Gasteiger partial charge in [-0.25, -0.2) is 9.67 Å². The number of nitrogens with zero attached hydrogens (tertiary/aromatic N) is 7. The fraction of sp³-hybridized carbons (Fsp3) is 0.200. The molecule has 4 heterocycles. The fourth-order valence-corrected chi connectivity index (χ4v) is 3.34. The van der Waals surface area contributed by atoms with Crippen LogP contribution in [-0.2, 0) is 0 Å². The SMILES string of the molecule is Cc1c(C(=O)N2CC(c3nc(-c4cnccn4)no3)C2)cnn1-c1ccccc1. The van der Waals surface area contributed by atoms with Crippen molar-refractivity contribution in [1.82, 2.24) is 34.8 Å². The second-order valence-corrected chi connectivity index (χ2v) is 6.84. The molecule has 0 saturated carbocycles. The first kappa shape index (κ1) is 17.2. The Labute approximate surface area is 166 Å². The molecule has 0 radical (unpaired) electrons. The molecule has 0 bridgehead atoms. The van der Waals surface area contributed by atoms with Crippen LogP contribution in [0.25, 0.3) is 17.2 Å². The van der Waals surface area contributed by atoms with Crippen LogP contribution in [0.5, 0.6) is 0 Å². The maximum absolute atomic E-state index is 12.9. The fourth-order valence-electron chi connectivity index (χ4n) is 3.34. The standard InChI is InChI=1S/C20H17N7O2/c1-13-16(9-23-27(13)15-5-3-2-4-6-15)20(28)26-11-14(12-26)19-24-18(25-29-19)17-10-21-7-8-22-17/h2-10,14H,11-12H2,1H3. The Morgan fingerprint density at radius 3 is 2.72 bits per heavy atom. The van der Waals surface area contributed by atoms with Crippen molar-refractivity contribution in [3.63, 3.8) is 0 Å². The first-order valence-electron chi connectivity index (χ1n) is 9.20. The predicted octanol–water partition coefficient (Wildman–Crippen LogP) is 2.26. The molecule has 9 nitrogen and oxygen atoms in total. The first-order chi connectivity index (χ1) is 14.2. The van der Waals surface area contributed by atoms with Gasteiger partial charge in [0.15, 0.2) is 0 Å². The Bertz CT molecular complexity index is 1150. The second kappa shape index (κ2) is 6.93. The van der Waals surface area contributed by atoms with Crippen molar-refractivity contribution < 1.29 is 9.32 Å². The molecular formula is C20H17N7O2. The highest BCUT2D eigenvalue weighted by Gasteiger charge is 2.37. The minimum absolute atomic E-state index is 0.0151. The molecule has 144 valence electrons. The summed E-state index contributed by atoms with van der Waals surface area (Å²) in [5.41, 5.74) is 2.89. The predicted molar refractivity (Wildman–Crippen MR) is 102 cm³/mol. The van der Waals surface area contributed by atoms with Crippen molar-refractivity contribution in [1.29, 1.82) is 0 Å². The van der Waals surface area contributed by atoms with E-state index >= 15 is 0 Å². The number of hydrogen-bond acceptors (Lipinski definition) is 7. The molecule has 29 heavy (non-hydrogen) atoms. The third-order valence-electron chi connectivity index (χ3n) is 4.99. The Kier molecular flexibility index (Phi) is 4.12. The van der Waals surface area contributed by atoms with Crippen molar-refractivity contribution in [3.05, 3.63) is 72.3 Å². The molecule has 4 aromatic rings. The van der Waals surface area contributed by atoms with E-state index in [4.69, 9.17) is 4.52 Å². The summed E-state index contributed by atoms with van der Waals surface area (Å²) >= 11 is 0. The van der Waals surface area contributed by atoms with E-state index in [1.807, 2.05) is 37.3 Å². The minimum Gasteiger partial charge on any atom is -0.338 e. The molecule has 3 aromatic heterocycles. The third kappa shape index (κ3) is 3.06. The van der Waals surface area contributed by atoms with E-state index in [9.17, 15) is 4.79 Å². The highest BCUT2D eigenvalue weighted by molar-refractivity contribution is 5.95. The summed E-state index contributed by atoms with van der Waals surface area (Å²) in [5.74, 6) is 0.875. The van der Waals surface area contributed by atoms with E-state index in [1.54, 1.807) is 34.4 Å². The Morgan fingerprint density at radius 2 is 1.97 bits per heavy atom. The monoisotopic (exact) mass is 387 g/mol. The lowest BCUT2D eigenvalue weighted by atomic mass is 9.99. The van der Waals surface area contributed by atoms with Crippen molar-refractivity contribution in [2.45, 2.75) is 12.8 Å². The second-order valence-electron chi connectivity index (χ2n) is 6.84. The Hall–Kier alpha value is -3.88. The summed E-state index contributed by atoms with van der Waals surface area (Å²) in [7, 11) is 0. The lowest BCUT2D eigenvalue weighted by Crippen LogP contribution is -2.48. The Morgan fingerprint density at radius 1 is 1.14 bits per heavy atom. The average Bonchev–Trinajstić information content (AvgIpc) is 3.35. The van der Waals surface area contributed by atoms with Crippen LogP contribution in [0.4, 0.5) is 0 Å².